The first-order chi connectivity index (χ1) is 11.7. The van der Waals surface area contributed by atoms with Crippen LogP contribution in [-0.2, 0) is 0 Å². The quantitative estimate of drug-likeness (QED) is 0.622. The van der Waals surface area contributed by atoms with Crippen LogP contribution in [0.4, 0.5) is 5.69 Å². The SMILES string of the molecule is CCCCOc1ccc(C(=O)Nc2ccccc2OCC)cc1Br. The van der Waals surface area contributed by atoms with Gasteiger partial charge in [-0.3, -0.25) is 4.79 Å². The van der Waals surface area contributed by atoms with Crippen molar-refractivity contribution in [3.05, 3.63) is 52.5 Å². The predicted molar refractivity (Wildman–Crippen MR) is 100 cm³/mol. The molecular weight excluding hydrogens is 370 g/mol. The van der Waals surface area contributed by atoms with Crippen molar-refractivity contribution in [1.82, 2.24) is 0 Å². The molecule has 0 fully saturated rings. The van der Waals surface area contributed by atoms with E-state index in [-0.39, 0.29) is 5.91 Å². The third-order valence-electron chi connectivity index (χ3n) is 3.38. The third kappa shape index (κ3) is 4.99. The summed E-state index contributed by atoms with van der Waals surface area (Å²) in [5, 5.41) is 2.89. The minimum absolute atomic E-state index is 0.192. The molecule has 128 valence electrons. The molecule has 24 heavy (non-hydrogen) atoms. The zero-order valence-electron chi connectivity index (χ0n) is 14.0. The lowest BCUT2D eigenvalue weighted by Crippen LogP contribution is -2.13. The van der Waals surface area contributed by atoms with Crippen molar-refractivity contribution in [3.8, 4) is 11.5 Å². The number of nitrogens with one attached hydrogen (secondary N) is 1. The first-order valence-electron chi connectivity index (χ1n) is 8.11. The molecule has 2 aromatic rings. The molecule has 4 nitrogen and oxygen atoms in total. The summed E-state index contributed by atoms with van der Waals surface area (Å²) in [6.45, 7) is 5.24. The van der Waals surface area contributed by atoms with Gasteiger partial charge in [-0.2, -0.15) is 0 Å². The second-order valence-corrected chi connectivity index (χ2v) is 6.08. The van der Waals surface area contributed by atoms with E-state index in [2.05, 4.69) is 28.2 Å². The van der Waals surface area contributed by atoms with E-state index in [1.54, 1.807) is 12.1 Å². The van der Waals surface area contributed by atoms with Crippen molar-refractivity contribution in [3.63, 3.8) is 0 Å². The molecule has 0 aliphatic carbocycles. The molecule has 1 amide bonds. The second kappa shape index (κ2) is 9.33. The van der Waals surface area contributed by atoms with Gasteiger partial charge in [0.05, 0.1) is 23.4 Å². The highest BCUT2D eigenvalue weighted by molar-refractivity contribution is 9.10. The molecule has 0 spiro atoms. The number of carbonyl (C=O) groups excluding carboxylic acids is 1. The monoisotopic (exact) mass is 391 g/mol. The maximum Gasteiger partial charge on any atom is 0.255 e. The van der Waals surface area contributed by atoms with Gasteiger partial charge in [-0.25, -0.2) is 0 Å². The van der Waals surface area contributed by atoms with Crippen molar-refractivity contribution in [2.24, 2.45) is 0 Å². The van der Waals surface area contributed by atoms with Crippen molar-refractivity contribution in [2.45, 2.75) is 26.7 Å². The maximum absolute atomic E-state index is 12.5. The fraction of sp³-hybridized carbons (Fsp3) is 0.316. The van der Waals surface area contributed by atoms with E-state index in [0.717, 1.165) is 23.1 Å². The number of ether oxygens (including phenoxy) is 2. The van der Waals surface area contributed by atoms with E-state index in [4.69, 9.17) is 9.47 Å². The minimum Gasteiger partial charge on any atom is -0.492 e. The minimum atomic E-state index is -0.192. The number of hydrogen-bond donors (Lipinski definition) is 1. The Labute approximate surface area is 151 Å². The summed E-state index contributed by atoms with van der Waals surface area (Å²) in [5.74, 6) is 1.21. The van der Waals surface area contributed by atoms with Gasteiger partial charge in [-0.05, 0) is 59.6 Å². The van der Waals surface area contributed by atoms with Crippen LogP contribution in [0.2, 0.25) is 0 Å². The molecule has 0 aromatic heterocycles. The number of halogens is 1. The van der Waals surface area contributed by atoms with Gasteiger partial charge < -0.3 is 14.8 Å². The van der Waals surface area contributed by atoms with Crippen LogP contribution >= 0.6 is 15.9 Å². The maximum atomic E-state index is 12.5. The average molecular weight is 392 g/mol. The molecule has 1 N–H and O–H groups in total. The standard InChI is InChI=1S/C19H22BrNO3/c1-3-5-12-24-17-11-10-14(13-15(17)20)19(22)21-16-8-6-7-9-18(16)23-4-2/h6-11,13H,3-5,12H2,1-2H3,(H,21,22). The Hall–Kier alpha value is -2.01. The lowest BCUT2D eigenvalue weighted by Gasteiger charge is -2.12. The first kappa shape index (κ1) is 18.3. The summed E-state index contributed by atoms with van der Waals surface area (Å²) in [6.07, 6.45) is 2.08. The van der Waals surface area contributed by atoms with Crippen LogP contribution in [0.15, 0.2) is 46.9 Å². The molecule has 0 atom stereocenters. The molecule has 0 bridgehead atoms. The van der Waals surface area contributed by atoms with Gasteiger partial charge in [0, 0.05) is 5.56 Å². The average Bonchev–Trinajstić information content (AvgIpc) is 2.58. The number of hydrogen-bond acceptors (Lipinski definition) is 3. The predicted octanol–water partition coefficient (Wildman–Crippen LogP) is 5.28. The Balaban J connectivity index is 2.09. The smallest absolute Gasteiger partial charge is 0.255 e. The topological polar surface area (TPSA) is 47.6 Å². The number of anilines is 1. The number of carbonyl (C=O) groups is 1. The summed E-state index contributed by atoms with van der Waals surface area (Å²) >= 11 is 3.46. The van der Waals surface area contributed by atoms with Crippen LogP contribution < -0.4 is 14.8 Å². The zero-order valence-corrected chi connectivity index (χ0v) is 15.6. The lowest BCUT2D eigenvalue weighted by atomic mass is 10.2. The van der Waals surface area contributed by atoms with Crippen LogP contribution in [0.1, 0.15) is 37.0 Å². The van der Waals surface area contributed by atoms with Crippen molar-refractivity contribution in [1.29, 1.82) is 0 Å². The molecule has 5 heteroatoms. The molecule has 2 aromatic carbocycles. The van der Waals surface area contributed by atoms with Crippen molar-refractivity contribution < 1.29 is 14.3 Å². The van der Waals surface area contributed by atoms with Gasteiger partial charge in [0.25, 0.3) is 5.91 Å². The van der Waals surface area contributed by atoms with Crippen LogP contribution in [0, 0.1) is 0 Å². The van der Waals surface area contributed by atoms with Gasteiger partial charge >= 0.3 is 0 Å². The summed E-state index contributed by atoms with van der Waals surface area (Å²) < 4.78 is 12.0. The zero-order chi connectivity index (χ0) is 17.4. The highest BCUT2D eigenvalue weighted by atomic mass is 79.9. The first-order valence-corrected chi connectivity index (χ1v) is 8.90. The number of amides is 1. The Morgan fingerprint density at radius 2 is 1.88 bits per heavy atom. The summed E-state index contributed by atoms with van der Waals surface area (Å²) in [5.41, 5.74) is 1.21. The largest absolute Gasteiger partial charge is 0.492 e. The summed E-state index contributed by atoms with van der Waals surface area (Å²) in [6, 6.07) is 12.7. The molecule has 2 rings (SSSR count). The van der Waals surface area contributed by atoms with E-state index in [0.29, 0.717) is 30.2 Å². The van der Waals surface area contributed by atoms with E-state index >= 15 is 0 Å². The highest BCUT2D eigenvalue weighted by Crippen LogP contribution is 2.28. The Bertz CT molecular complexity index is 688. The molecule has 0 radical (unpaired) electrons. The Morgan fingerprint density at radius 3 is 2.58 bits per heavy atom. The molecule has 0 aliphatic rings. The van der Waals surface area contributed by atoms with Crippen LogP contribution in [0.5, 0.6) is 11.5 Å². The van der Waals surface area contributed by atoms with E-state index < -0.39 is 0 Å². The molecule has 0 saturated heterocycles. The lowest BCUT2D eigenvalue weighted by molar-refractivity contribution is 0.102. The van der Waals surface area contributed by atoms with Gasteiger partial charge in [0.1, 0.15) is 11.5 Å². The molecular formula is C19H22BrNO3. The summed E-state index contributed by atoms with van der Waals surface area (Å²) in [7, 11) is 0. The van der Waals surface area contributed by atoms with Gasteiger partial charge in [-0.1, -0.05) is 25.5 Å². The van der Waals surface area contributed by atoms with E-state index in [9.17, 15) is 4.79 Å². The van der Waals surface area contributed by atoms with Gasteiger partial charge in [0.2, 0.25) is 0 Å². The van der Waals surface area contributed by atoms with Crippen LogP contribution in [0.25, 0.3) is 0 Å². The molecule has 0 aliphatic heterocycles. The number of unbranched alkanes of at least 4 members (excludes halogenated alkanes) is 1. The highest BCUT2D eigenvalue weighted by Gasteiger charge is 2.12. The molecule has 0 unspecified atom stereocenters. The number of benzene rings is 2. The van der Waals surface area contributed by atoms with Crippen molar-refractivity contribution >= 4 is 27.5 Å². The number of para-hydroxylation sites is 2. The Kier molecular flexibility index (Phi) is 7.12. The summed E-state index contributed by atoms with van der Waals surface area (Å²) in [4.78, 5) is 12.5. The fourth-order valence-electron chi connectivity index (χ4n) is 2.13. The second-order valence-electron chi connectivity index (χ2n) is 5.23. The fourth-order valence-corrected chi connectivity index (χ4v) is 2.62. The Morgan fingerprint density at radius 1 is 1.08 bits per heavy atom. The van der Waals surface area contributed by atoms with Gasteiger partial charge in [0.15, 0.2) is 0 Å². The van der Waals surface area contributed by atoms with Crippen molar-refractivity contribution in [2.75, 3.05) is 18.5 Å². The molecule has 0 saturated carbocycles. The van der Waals surface area contributed by atoms with Crippen LogP contribution in [0.3, 0.4) is 0 Å². The van der Waals surface area contributed by atoms with Crippen LogP contribution in [-0.4, -0.2) is 19.1 Å². The van der Waals surface area contributed by atoms with Gasteiger partial charge in [-0.15, -0.1) is 0 Å². The van der Waals surface area contributed by atoms with E-state index in [1.807, 2.05) is 37.3 Å². The molecule has 0 heterocycles. The normalized spacial score (nSPS) is 10.3. The number of rotatable bonds is 8. The third-order valence-corrected chi connectivity index (χ3v) is 4.00. The van der Waals surface area contributed by atoms with E-state index in [1.165, 1.54) is 0 Å².